The molecule has 0 radical (unpaired) electrons. The van der Waals surface area contributed by atoms with Gasteiger partial charge in [0.25, 0.3) is 5.91 Å². The molecule has 144 valence electrons. The highest BCUT2D eigenvalue weighted by Gasteiger charge is 2.15. The van der Waals surface area contributed by atoms with Crippen molar-refractivity contribution in [2.75, 3.05) is 6.54 Å². The fourth-order valence-corrected chi connectivity index (χ4v) is 3.52. The first-order valence-corrected chi connectivity index (χ1v) is 10.4. The Labute approximate surface area is 160 Å². The Morgan fingerprint density at radius 3 is 2.41 bits per heavy atom. The van der Waals surface area contributed by atoms with Crippen molar-refractivity contribution < 1.29 is 28.5 Å². The first-order valence-electron chi connectivity index (χ1n) is 7.87. The second-order valence-electron chi connectivity index (χ2n) is 5.48. The van der Waals surface area contributed by atoms with Gasteiger partial charge in [-0.3, -0.25) is 19.4 Å². The van der Waals surface area contributed by atoms with Crippen LogP contribution in [0.3, 0.4) is 0 Å². The number of benzene rings is 2. The summed E-state index contributed by atoms with van der Waals surface area (Å²) in [5.74, 6) is -0.151. The van der Waals surface area contributed by atoms with Crippen molar-refractivity contribution in [1.29, 1.82) is 0 Å². The Bertz CT molecular complexity index is 853. The van der Waals surface area contributed by atoms with Crippen LogP contribution in [0.25, 0.3) is 0 Å². The van der Waals surface area contributed by atoms with Crippen LogP contribution in [-0.2, 0) is 15.1 Å². The molecule has 10 heteroatoms. The molecule has 8 nitrogen and oxygen atoms in total. The summed E-state index contributed by atoms with van der Waals surface area (Å²) in [6.45, 7) is 0.175. The molecule has 5 N–H and O–H groups in total. The van der Waals surface area contributed by atoms with Crippen molar-refractivity contribution >= 4 is 31.4 Å². The van der Waals surface area contributed by atoms with Crippen molar-refractivity contribution in [1.82, 2.24) is 5.32 Å². The Morgan fingerprint density at radius 1 is 1.11 bits per heavy atom. The number of hydrogen-bond donors (Lipinski definition) is 4. The van der Waals surface area contributed by atoms with Crippen LogP contribution in [0.2, 0.25) is 0 Å². The predicted molar refractivity (Wildman–Crippen MR) is 101 cm³/mol. The van der Waals surface area contributed by atoms with Gasteiger partial charge in [-0.05, 0) is 29.8 Å². The molecule has 0 saturated heterocycles. The minimum Gasteiger partial charge on any atom is -0.404 e. The number of phosphoric ester groups is 1. The molecular formula is C17H19N2O6PS. The van der Waals surface area contributed by atoms with E-state index in [1.807, 2.05) is 12.1 Å². The second kappa shape index (κ2) is 9.57. The molecule has 0 saturated carbocycles. The van der Waals surface area contributed by atoms with E-state index in [4.69, 9.17) is 15.5 Å². The lowest BCUT2D eigenvalue weighted by molar-refractivity contribution is -0.117. The summed E-state index contributed by atoms with van der Waals surface area (Å²) < 4.78 is 15.3. The number of primary amides is 1. The van der Waals surface area contributed by atoms with Gasteiger partial charge in [-0.2, -0.15) is 0 Å². The summed E-state index contributed by atoms with van der Waals surface area (Å²) in [4.78, 5) is 41.4. The summed E-state index contributed by atoms with van der Waals surface area (Å²) >= 11 is 1.44. The van der Waals surface area contributed by atoms with E-state index in [-0.39, 0.29) is 24.6 Å². The van der Waals surface area contributed by atoms with E-state index in [1.165, 1.54) is 23.9 Å². The highest BCUT2D eigenvalue weighted by Crippen LogP contribution is 2.37. The average molecular weight is 410 g/mol. The van der Waals surface area contributed by atoms with E-state index in [0.29, 0.717) is 11.3 Å². The van der Waals surface area contributed by atoms with Crippen LogP contribution in [0, 0.1) is 0 Å². The number of rotatable bonds is 9. The average Bonchev–Trinajstić information content (AvgIpc) is 2.59. The summed E-state index contributed by atoms with van der Waals surface area (Å²) in [6.07, 6.45) is 0.0735. The molecule has 2 aromatic carbocycles. The zero-order chi connectivity index (χ0) is 19.9. The van der Waals surface area contributed by atoms with Crippen LogP contribution in [0.4, 0.5) is 0 Å². The van der Waals surface area contributed by atoms with Gasteiger partial charge in [0, 0.05) is 23.6 Å². The molecule has 2 amide bonds. The molecule has 0 fully saturated rings. The van der Waals surface area contributed by atoms with Crippen LogP contribution in [-0.4, -0.2) is 28.1 Å². The number of nitrogens with two attached hydrogens (primary N) is 1. The standard InChI is InChI=1S/C17H19N2O6PS/c18-16(20)9-10-19-17(21)14-3-1-2-4-15(14)27-11-12-5-7-13(8-6-12)25-26(22,23)24/h1-8H,9-11H2,(H2,18,20)(H,19,21)(H2,22,23,24). The van der Waals surface area contributed by atoms with Gasteiger partial charge in [0.05, 0.1) is 5.56 Å². The predicted octanol–water partition coefficient (Wildman–Crippen LogP) is 2.06. The molecule has 0 heterocycles. The summed E-state index contributed by atoms with van der Waals surface area (Å²) in [6, 6.07) is 13.4. The molecule has 0 aromatic heterocycles. The summed E-state index contributed by atoms with van der Waals surface area (Å²) in [7, 11) is -4.58. The number of amides is 2. The third-order valence-corrected chi connectivity index (χ3v) is 4.92. The number of hydrogen-bond acceptors (Lipinski definition) is 5. The van der Waals surface area contributed by atoms with Gasteiger partial charge in [0.15, 0.2) is 0 Å². The van der Waals surface area contributed by atoms with Gasteiger partial charge in [0.2, 0.25) is 5.91 Å². The van der Waals surface area contributed by atoms with Crippen molar-refractivity contribution in [2.24, 2.45) is 5.73 Å². The number of phosphoric acid groups is 1. The normalized spacial score (nSPS) is 11.0. The number of thioether (sulfide) groups is 1. The van der Waals surface area contributed by atoms with Gasteiger partial charge in [-0.25, -0.2) is 4.57 Å². The SMILES string of the molecule is NC(=O)CCNC(=O)c1ccccc1SCc1ccc(OP(=O)(O)O)cc1. The molecule has 0 unspecified atom stereocenters. The lowest BCUT2D eigenvalue weighted by Crippen LogP contribution is -2.28. The summed E-state index contributed by atoms with van der Waals surface area (Å²) in [5, 5.41) is 2.65. The third kappa shape index (κ3) is 7.44. The molecule has 0 aliphatic heterocycles. The topological polar surface area (TPSA) is 139 Å². The Hall–Kier alpha value is -2.32. The molecule has 0 bridgehead atoms. The van der Waals surface area contributed by atoms with E-state index in [2.05, 4.69) is 9.84 Å². The Balaban J connectivity index is 1.98. The molecule has 0 aliphatic rings. The van der Waals surface area contributed by atoms with Gasteiger partial charge in [-0.15, -0.1) is 11.8 Å². The minimum absolute atomic E-state index is 0.0735. The number of carbonyl (C=O) groups excluding carboxylic acids is 2. The maximum Gasteiger partial charge on any atom is 0.524 e. The largest absolute Gasteiger partial charge is 0.524 e. The van der Waals surface area contributed by atoms with E-state index >= 15 is 0 Å². The minimum atomic E-state index is -4.58. The first kappa shape index (κ1) is 21.0. The van der Waals surface area contributed by atoms with Gasteiger partial charge >= 0.3 is 7.82 Å². The van der Waals surface area contributed by atoms with Crippen molar-refractivity contribution in [2.45, 2.75) is 17.1 Å². The molecule has 0 aliphatic carbocycles. The van der Waals surface area contributed by atoms with E-state index in [0.717, 1.165) is 10.5 Å². The van der Waals surface area contributed by atoms with Gasteiger partial charge in [0.1, 0.15) is 5.75 Å². The molecule has 2 aromatic rings. The molecule has 0 atom stereocenters. The Morgan fingerprint density at radius 2 is 1.78 bits per heavy atom. The van der Waals surface area contributed by atoms with E-state index in [1.54, 1.807) is 24.3 Å². The van der Waals surface area contributed by atoms with E-state index in [9.17, 15) is 14.2 Å². The van der Waals surface area contributed by atoms with Gasteiger partial charge in [-0.1, -0.05) is 24.3 Å². The maximum absolute atomic E-state index is 12.3. The lowest BCUT2D eigenvalue weighted by atomic mass is 10.2. The van der Waals surface area contributed by atoms with Crippen LogP contribution in [0.1, 0.15) is 22.3 Å². The number of nitrogens with one attached hydrogen (secondary N) is 1. The molecule has 2 rings (SSSR count). The fourth-order valence-electron chi connectivity index (χ4n) is 2.12. The first-order chi connectivity index (χ1) is 12.7. The van der Waals surface area contributed by atoms with Crippen molar-refractivity contribution in [3.63, 3.8) is 0 Å². The highest BCUT2D eigenvalue weighted by molar-refractivity contribution is 7.98. The Kier molecular flexibility index (Phi) is 7.44. The molecule has 27 heavy (non-hydrogen) atoms. The van der Waals surface area contributed by atoms with Crippen LogP contribution in [0.5, 0.6) is 5.75 Å². The van der Waals surface area contributed by atoms with Crippen molar-refractivity contribution in [3.8, 4) is 5.75 Å². The zero-order valence-corrected chi connectivity index (χ0v) is 15.9. The quantitative estimate of drug-likeness (QED) is 0.366. The zero-order valence-electron chi connectivity index (χ0n) is 14.2. The summed E-state index contributed by atoms with van der Waals surface area (Å²) in [5.41, 5.74) is 6.44. The second-order valence-corrected chi connectivity index (χ2v) is 7.66. The molecule has 0 spiro atoms. The fraction of sp³-hybridized carbons (Fsp3) is 0.176. The van der Waals surface area contributed by atoms with Crippen LogP contribution < -0.4 is 15.6 Å². The number of carbonyl (C=O) groups is 2. The van der Waals surface area contributed by atoms with Crippen molar-refractivity contribution in [3.05, 3.63) is 59.7 Å². The monoisotopic (exact) mass is 410 g/mol. The maximum atomic E-state index is 12.3. The van der Waals surface area contributed by atoms with E-state index < -0.39 is 13.7 Å². The molecular weight excluding hydrogens is 391 g/mol. The lowest BCUT2D eigenvalue weighted by Gasteiger charge is -2.10. The van der Waals surface area contributed by atoms with Crippen LogP contribution >= 0.6 is 19.6 Å². The smallest absolute Gasteiger partial charge is 0.404 e. The van der Waals surface area contributed by atoms with Gasteiger partial charge < -0.3 is 15.6 Å². The van der Waals surface area contributed by atoms with Crippen LogP contribution in [0.15, 0.2) is 53.4 Å². The third-order valence-electron chi connectivity index (χ3n) is 3.33. The highest BCUT2D eigenvalue weighted by atomic mass is 32.2.